The first-order chi connectivity index (χ1) is 6.43. The van der Waals surface area contributed by atoms with Crippen LogP contribution in [0.1, 0.15) is 5.56 Å². The van der Waals surface area contributed by atoms with Crippen LogP contribution >= 0.6 is 11.6 Å². The second kappa shape index (κ2) is 4.08. The Kier molecular flexibility index (Phi) is 3.25. The van der Waals surface area contributed by atoms with Gasteiger partial charge in [-0.25, -0.2) is 8.78 Å². The molecule has 0 spiro atoms. The Morgan fingerprint density at radius 3 is 2.57 bits per heavy atom. The van der Waals surface area contributed by atoms with E-state index in [9.17, 15) is 13.9 Å². The first kappa shape index (κ1) is 11.2. The minimum Gasteiger partial charge on any atom is -0.506 e. The smallest absolute Gasteiger partial charge is 0.181 e. The van der Waals surface area contributed by atoms with Gasteiger partial charge in [-0.05, 0) is 6.07 Å². The zero-order valence-electron chi connectivity index (χ0n) is 7.26. The SMILES string of the molecule is CN(O)Cc1cc(F)c(F)c(Cl)c1O. The molecule has 2 N–H and O–H groups in total. The molecule has 0 heterocycles. The van der Waals surface area contributed by atoms with Crippen LogP contribution in [-0.4, -0.2) is 22.4 Å². The van der Waals surface area contributed by atoms with Crippen LogP contribution in [0.25, 0.3) is 0 Å². The molecule has 0 unspecified atom stereocenters. The molecule has 78 valence electrons. The average Bonchev–Trinajstić information content (AvgIpc) is 2.10. The van der Waals surface area contributed by atoms with E-state index in [0.29, 0.717) is 5.06 Å². The summed E-state index contributed by atoms with van der Waals surface area (Å²) < 4.78 is 25.6. The fourth-order valence-electron chi connectivity index (χ4n) is 1.00. The van der Waals surface area contributed by atoms with E-state index in [1.54, 1.807) is 0 Å². The molecule has 1 rings (SSSR count). The van der Waals surface area contributed by atoms with E-state index in [4.69, 9.17) is 16.8 Å². The minimum atomic E-state index is -1.30. The second-order valence-electron chi connectivity index (χ2n) is 2.81. The summed E-state index contributed by atoms with van der Waals surface area (Å²) in [4.78, 5) is 0. The van der Waals surface area contributed by atoms with Gasteiger partial charge in [0.2, 0.25) is 0 Å². The molecule has 14 heavy (non-hydrogen) atoms. The van der Waals surface area contributed by atoms with Crippen molar-refractivity contribution in [1.29, 1.82) is 0 Å². The molecule has 1 aromatic carbocycles. The summed E-state index contributed by atoms with van der Waals surface area (Å²) in [6, 6.07) is 0.781. The number of phenolic OH excluding ortho intramolecular Hbond substituents is 1. The Morgan fingerprint density at radius 2 is 2.07 bits per heavy atom. The number of hydrogen-bond donors (Lipinski definition) is 2. The summed E-state index contributed by atoms with van der Waals surface area (Å²) in [6.45, 7) is -0.150. The first-order valence-electron chi connectivity index (χ1n) is 3.68. The molecular weight excluding hydrogens is 216 g/mol. The van der Waals surface area contributed by atoms with E-state index in [0.717, 1.165) is 6.07 Å². The maximum Gasteiger partial charge on any atom is 0.181 e. The Bertz CT molecular complexity index is 358. The maximum atomic E-state index is 12.8. The summed E-state index contributed by atoms with van der Waals surface area (Å²) in [5, 5.41) is 18.2. The largest absolute Gasteiger partial charge is 0.506 e. The highest BCUT2D eigenvalue weighted by Gasteiger charge is 2.16. The summed E-state index contributed by atoms with van der Waals surface area (Å²) in [5.41, 5.74) is 0.0129. The van der Waals surface area contributed by atoms with Gasteiger partial charge in [-0.1, -0.05) is 11.6 Å². The van der Waals surface area contributed by atoms with Gasteiger partial charge in [0.05, 0.1) is 6.54 Å². The van der Waals surface area contributed by atoms with Gasteiger partial charge in [0.25, 0.3) is 0 Å². The number of nitrogens with zero attached hydrogens (tertiary/aromatic N) is 1. The van der Waals surface area contributed by atoms with Gasteiger partial charge in [0, 0.05) is 12.6 Å². The first-order valence-corrected chi connectivity index (χ1v) is 4.06. The summed E-state index contributed by atoms with van der Waals surface area (Å²) in [5.74, 6) is -3.02. The van der Waals surface area contributed by atoms with Crippen LogP contribution in [0.15, 0.2) is 6.07 Å². The van der Waals surface area contributed by atoms with Crippen molar-refractivity contribution in [3.8, 4) is 5.75 Å². The third-order valence-electron chi connectivity index (χ3n) is 1.61. The van der Waals surface area contributed by atoms with E-state index in [1.807, 2.05) is 0 Å². The average molecular weight is 224 g/mol. The molecule has 0 aromatic heterocycles. The quantitative estimate of drug-likeness (QED) is 0.596. The van der Waals surface area contributed by atoms with Crippen LogP contribution in [0.4, 0.5) is 8.78 Å². The molecule has 0 aliphatic rings. The molecule has 0 aliphatic carbocycles. The van der Waals surface area contributed by atoms with Crippen LogP contribution in [0, 0.1) is 11.6 Å². The zero-order chi connectivity index (χ0) is 10.9. The molecule has 0 radical (unpaired) electrons. The number of phenols is 1. The Labute approximate surface area is 84.1 Å². The van der Waals surface area contributed by atoms with E-state index >= 15 is 0 Å². The third kappa shape index (κ3) is 2.12. The van der Waals surface area contributed by atoms with Crippen molar-refractivity contribution in [2.75, 3.05) is 7.05 Å². The van der Waals surface area contributed by atoms with Crippen molar-refractivity contribution in [1.82, 2.24) is 5.06 Å². The molecule has 0 aliphatic heterocycles. The zero-order valence-corrected chi connectivity index (χ0v) is 8.02. The lowest BCUT2D eigenvalue weighted by molar-refractivity contribution is -0.0736. The van der Waals surface area contributed by atoms with Gasteiger partial charge in [0.1, 0.15) is 10.8 Å². The molecule has 0 saturated heterocycles. The Hall–Kier alpha value is -0.910. The third-order valence-corrected chi connectivity index (χ3v) is 1.96. The molecule has 6 heteroatoms. The van der Waals surface area contributed by atoms with Gasteiger partial charge in [-0.3, -0.25) is 0 Å². The van der Waals surface area contributed by atoms with Crippen LogP contribution in [0.3, 0.4) is 0 Å². The molecule has 0 fully saturated rings. The topological polar surface area (TPSA) is 43.7 Å². The Balaban J connectivity index is 3.19. The summed E-state index contributed by atoms with van der Waals surface area (Å²) in [7, 11) is 1.30. The van der Waals surface area contributed by atoms with Crippen molar-refractivity contribution >= 4 is 11.6 Å². The van der Waals surface area contributed by atoms with Crippen LogP contribution in [-0.2, 0) is 6.54 Å². The lowest BCUT2D eigenvalue weighted by atomic mass is 10.2. The van der Waals surface area contributed by atoms with Crippen molar-refractivity contribution in [3.63, 3.8) is 0 Å². The lowest BCUT2D eigenvalue weighted by Crippen LogP contribution is -2.12. The minimum absolute atomic E-state index is 0.0129. The molecule has 0 bridgehead atoms. The molecule has 0 amide bonds. The van der Waals surface area contributed by atoms with Crippen molar-refractivity contribution in [2.24, 2.45) is 0 Å². The van der Waals surface area contributed by atoms with Crippen LogP contribution < -0.4 is 0 Å². The normalized spacial score (nSPS) is 11.0. The summed E-state index contributed by atoms with van der Waals surface area (Å²) in [6.07, 6.45) is 0. The number of rotatable bonds is 2. The monoisotopic (exact) mass is 223 g/mol. The number of aromatic hydroxyl groups is 1. The Morgan fingerprint density at radius 1 is 1.50 bits per heavy atom. The van der Waals surface area contributed by atoms with Crippen molar-refractivity contribution in [3.05, 3.63) is 28.3 Å². The number of hydroxylamine groups is 2. The van der Waals surface area contributed by atoms with Gasteiger partial charge < -0.3 is 10.3 Å². The van der Waals surface area contributed by atoms with Crippen LogP contribution in [0.2, 0.25) is 5.02 Å². The molecule has 1 aromatic rings. The van der Waals surface area contributed by atoms with Gasteiger partial charge >= 0.3 is 0 Å². The standard InChI is InChI=1S/C8H8ClF2NO2/c1-12(14)3-4-2-5(10)7(11)6(9)8(4)13/h2,13-14H,3H2,1H3. The fourth-order valence-corrected chi connectivity index (χ4v) is 1.21. The highest BCUT2D eigenvalue weighted by Crippen LogP contribution is 2.32. The van der Waals surface area contributed by atoms with Gasteiger partial charge in [0.15, 0.2) is 11.6 Å². The second-order valence-corrected chi connectivity index (χ2v) is 3.19. The summed E-state index contributed by atoms with van der Waals surface area (Å²) >= 11 is 5.31. The van der Waals surface area contributed by atoms with E-state index in [2.05, 4.69) is 0 Å². The molecular formula is C8H8ClF2NO2. The number of hydrogen-bond acceptors (Lipinski definition) is 3. The van der Waals surface area contributed by atoms with Gasteiger partial charge in [-0.15, -0.1) is 0 Å². The lowest BCUT2D eigenvalue weighted by Gasteiger charge is -2.11. The predicted octanol–water partition coefficient (Wildman–Crippen LogP) is 2.14. The molecule has 0 atom stereocenters. The van der Waals surface area contributed by atoms with E-state index < -0.39 is 22.4 Å². The highest BCUT2D eigenvalue weighted by molar-refractivity contribution is 6.32. The highest BCUT2D eigenvalue weighted by atomic mass is 35.5. The van der Waals surface area contributed by atoms with E-state index in [1.165, 1.54) is 7.05 Å². The molecule has 0 saturated carbocycles. The van der Waals surface area contributed by atoms with Crippen molar-refractivity contribution < 1.29 is 19.1 Å². The molecule has 3 nitrogen and oxygen atoms in total. The van der Waals surface area contributed by atoms with Gasteiger partial charge in [-0.2, -0.15) is 5.06 Å². The fraction of sp³-hybridized carbons (Fsp3) is 0.250. The van der Waals surface area contributed by atoms with Crippen molar-refractivity contribution in [2.45, 2.75) is 6.54 Å². The number of halogens is 3. The predicted molar refractivity (Wildman–Crippen MR) is 46.3 cm³/mol. The number of benzene rings is 1. The maximum absolute atomic E-state index is 12.8. The van der Waals surface area contributed by atoms with E-state index in [-0.39, 0.29) is 12.1 Å². The van der Waals surface area contributed by atoms with Crippen LogP contribution in [0.5, 0.6) is 5.75 Å².